The summed E-state index contributed by atoms with van der Waals surface area (Å²) in [6, 6.07) is 13.2. The number of nitrogens with zero attached hydrogens (tertiary/aromatic N) is 3. The lowest BCUT2D eigenvalue weighted by Gasteiger charge is -2.31. The van der Waals surface area contributed by atoms with Gasteiger partial charge in [0.05, 0.1) is 15.9 Å². The smallest absolute Gasteiger partial charge is 0.243 e. The van der Waals surface area contributed by atoms with Crippen molar-refractivity contribution in [2.45, 2.75) is 57.9 Å². The molecule has 1 aliphatic heterocycles. The van der Waals surface area contributed by atoms with E-state index in [0.717, 1.165) is 22.2 Å². The van der Waals surface area contributed by atoms with Crippen LogP contribution < -0.4 is 5.32 Å². The second-order valence-corrected chi connectivity index (χ2v) is 11.8. The highest BCUT2D eigenvalue weighted by atomic mass is 32.2. The number of sulfonamides is 1. The molecule has 8 heteroatoms. The molecule has 2 aromatic carbocycles. The predicted octanol–water partition coefficient (Wildman–Crippen LogP) is 4.45. The molecule has 0 radical (unpaired) electrons. The summed E-state index contributed by atoms with van der Waals surface area (Å²) in [6.07, 6.45) is 0.956. The average Bonchev–Trinajstić information content (AvgIpc) is 3.11. The van der Waals surface area contributed by atoms with Gasteiger partial charge in [0.15, 0.2) is 0 Å². The molecule has 1 aromatic heterocycles. The van der Waals surface area contributed by atoms with Gasteiger partial charge in [-0.1, -0.05) is 29.8 Å². The first-order chi connectivity index (χ1) is 15.5. The number of nitrogens with one attached hydrogen (secondary N) is 1. The summed E-state index contributed by atoms with van der Waals surface area (Å²) in [7, 11) is -3.58. The molecule has 4 rings (SSSR count). The van der Waals surface area contributed by atoms with Gasteiger partial charge in [0, 0.05) is 24.5 Å². The van der Waals surface area contributed by atoms with E-state index in [1.807, 2.05) is 54.8 Å². The Morgan fingerprint density at radius 3 is 2.36 bits per heavy atom. The topological polar surface area (TPSA) is 84.3 Å². The first-order valence-corrected chi connectivity index (χ1v) is 12.8. The minimum Gasteiger partial charge on any atom is -0.305 e. The zero-order valence-electron chi connectivity index (χ0n) is 19.9. The van der Waals surface area contributed by atoms with Crippen molar-refractivity contribution in [3.05, 3.63) is 53.6 Å². The summed E-state index contributed by atoms with van der Waals surface area (Å²) >= 11 is 0. The average molecular weight is 469 g/mol. The maximum absolute atomic E-state index is 13.2. The van der Waals surface area contributed by atoms with Gasteiger partial charge in [-0.05, 0) is 71.2 Å². The van der Waals surface area contributed by atoms with E-state index in [4.69, 9.17) is 0 Å². The minimum absolute atomic E-state index is 0.112. The van der Waals surface area contributed by atoms with Crippen LogP contribution in [0.15, 0.2) is 47.4 Å². The number of carbonyl (C=O) groups excluding carboxylic acids is 1. The number of imidazole rings is 1. The molecular formula is C25H32N4O3S. The highest BCUT2D eigenvalue weighted by Crippen LogP contribution is 2.30. The van der Waals surface area contributed by atoms with Crippen LogP contribution in [0.3, 0.4) is 0 Å². The molecule has 0 unspecified atom stereocenters. The second-order valence-electron chi connectivity index (χ2n) is 9.87. The molecule has 0 saturated carbocycles. The molecule has 2 heterocycles. The van der Waals surface area contributed by atoms with E-state index in [0.29, 0.717) is 36.8 Å². The van der Waals surface area contributed by atoms with E-state index in [2.05, 4.69) is 31.1 Å². The van der Waals surface area contributed by atoms with E-state index < -0.39 is 10.0 Å². The molecule has 1 amide bonds. The van der Waals surface area contributed by atoms with Gasteiger partial charge in [0.25, 0.3) is 0 Å². The molecule has 3 aromatic rings. The zero-order chi connectivity index (χ0) is 24.0. The van der Waals surface area contributed by atoms with Crippen LogP contribution in [-0.2, 0) is 20.4 Å². The van der Waals surface area contributed by atoms with Crippen LogP contribution in [0.5, 0.6) is 0 Å². The molecule has 33 heavy (non-hydrogen) atoms. The van der Waals surface area contributed by atoms with E-state index in [-0.39, 0.29) is 17.4 Å². The minimum atomic E-state index is -3.58. The SMILES string of the molecule is Cc1ccc(S(=O)(=O)N2CCC(C(=O)Nc3nc4ccccc4n3C(C)(C)C)CC2)c(C)c1. The van der Waals surface area contributed by atoms with Gasteiger partial charge in [-0.2, -0.15) is 4.31 Å². The van der Waals surface area contributed by atoms with Gasteiger partial charge in [-0.25, -0.2) is 13.4 Å². The number of aryl methyl sites for hydroxylation is 2. The lowest BCUT2D eigenvalue weighted by molar-refractivity contribution is -0.121. The van der Waals surface area contributed by atoms with Gasteiger partial charge < -0.3 is 4.57 Å². The number of hydrogen-bond acceptors (Lipinski definition) is 4. The summed E-state index contributed by atoms with van der Waals surface area (Å²) in [5.74, 6) is 0.155. The third-order valence-electron chi connectivity index (χ3n) is 6.24. The summed E-state index contributed by atoms with van der Waals surface area (Å²) in [5, 5.41) is 3.02. The Kier molecular flexibility index (Phi) is 6.09. The summed E-state index contributed by atoms with van der Waals surface area (Å²) in [4.78, 5) is 18.1. The molecule has 1 aliphatic rings. The largest absolute Gasteiger partial charge is 0.305 e. The molecule has 1 fully saturated rings. The Hall–Kier alpha value is -2.71. The highest BCUT2D eigenvalue weighted by Gasteiger charge is 2.33. The van der Waals surface area contributed by atoms with Crippen molar-refractivity contribution < 1.29 is 13.2 Å². The number of fused-ring (bicyclic) bond motifs is 1. The maximum atomic E-state index is 13.2. The first kappa shape index (κ1) is 23.4. The zero-order valence-corrected chi connectivity index (χ0v) is 20.7. The third-order valence-corrected chi connectivity index (χ3v) is 8.30. The summed E-state index contributed by atoms with van der Waals surface area (Å²) < 4.78 is 29.8. The molecule has 1 N–H and O–H groups in total. The number of anilines is 1. The molecule has 176 valence electrons. The van der Waals surface area contributed by atoms with Crippen molar-refractivity contribution in [1.29, 1.82) is 0 Å². The summed E-state index contributed by atoms with van der Waals surface area (Å²) in [6.45, 7) is 10.6. The van der Waals surface area contributed by atoms with Crippen LogP contribution in [0.25, 0.3) is 11.0 Å². The monoisotopic (exact) mass is 468 g/mol. The Bertz CT molecular complexity index is 1300. The van der Waals surface area contributed by atoms with Gasteiger partial charge >= 0.3 is 0 Å². The molecule has 0 spiro atoms. The van der Waals surface area contributed by atoms with Gasteiger partial charge in [-0.15, -0.1) is 0 Å². The first-order valence-electron chi connectivity index (χ1n) is 11.3. The number of hydrogen-bond donors (Lipinski definition) is 1. The Morgan fingerprint density at radius 1 is 1.06 bits per heavy atom. The molecular weight excluding hydrogens is 436 g/mol. The van der Waals surface area contributed by atoms with E-state index in [1.54, 1.807) is 6.07 Å². The number of para-hydroxylation sites is 2. The van der Waals surface area contributed by atoms with Crippen molar-refractivity contribution in [1.82, 2.24) is 13.9 Å². The molecule has 0 bridgehead atoms. The number of carbonyl (C=O) groups is 1. The molecule has 7 nitrogen and oxygen atoms in total. The molecule has 0 atom stereocenters. The fourth-order valence-corrected chi connectivity index (χ4v) is 6.26. The number of aromatic nitrogens is 2. The van der Waals surface area contributed by atoms with Crippen molar-refractivity contribution >= 4 is 32.9 Å². The number of rotatable bonds is 4. The fraction of sp³-hybridized carbons (Fsp3) is 0.440. The normalized spacial score (nSPS) is 16.3. The summed E-state index contributed by atoms with van der Waals surface area (Å²) in [5.41, 5.74) is 3.31. The van der Waals surface area contributed by atoms with Crippen LogP contribution >= 0.6 is 0 Å². The molecule has 1 saturated heterocycles. The number of piperidine rings is 1. The van der Waals surface area contributed by atoms with E-state index in [9.17, 15) is 13.2 Å². The molecule has 0 aliphatic carbocycles. The van der Waals surface area contributed by atoms with Gasteiger partial charge in [-0.3, -0.25) is 10.1 Å². The van der Waals surface area contributed by atoms with Crippen LogP contribution in [-0.4, -0.2) is 41.3 Å². The van der Waals surface area contributed by atoms with Crippen molar-refractivity contribution in [3.8, 4) is 0 Å². The Morgan fingerprint density at radius 2 is 1.73 bits per heavy atom. The van der Waals surface area contributed by atoms with Crippen LogP contribution in [0.4, 0.5) is 5.95 Å². The fourth-order valence-electron chi connectivity index (χ4n) is 4.59. The predicted molar refractivity (Wildman–Crippen MR) is 131 cm³/mol. The second kappa shape index (κ2) is 8.57. The van der Waals surface area contributed by atoms with Gasteiger partial charge in [0.2, 0.25) is 21.9 Å². The standard InChI is InChI=1S/C25H32N4O3S/c1-17-10-11-22(18(2)16-17)33(31,32)28-14-12-19(13-15-28)23(30)27-24-26-20-8-6-7-9-21(20)29(24)25(3,4)5/h6-11,16,19H,12-15H2,1-5H3,(H,26,27,30). The Labute approximate surface area is 195 Å². The van der Waals surface area contributed by atoms with Crippen molar-refractivity contribution in [3.63, 3.8) is 0 Å². The third kappa shape index (κ3) is 4.54. The number of benzene rings is 2. The Balaban J connectivity index is 1.49. The van der Waals surface area contributed by atoms with Gasteiger partial charge in [0.1, 0.15) is 0 Å². The van der Waals surface area contributed by atoms with E-state index in [1.165, 1.54) is 4.31 Å². The maximum Gasteiger partial charge on any atom is 0.243 e. The van der Waals surface area contributed by atoms with Crippen LogP contribution in [0.1, 0.15) is 44.7 Å². The van der Waals surface area contributed by atoms with Crippen LogP contribution in [0.2, 0.25) is 0 Å². The highest BCUT2D eigenvalue weighted by molar-refractivity contribution is 7.89. The van der Waals surface area contributed by atoms with Crippen LogP contribution in [0, 0.1) is 19.8 Å². The van der Waals surface area contributed by atoms with Crippen molar-refractivity contribution in [2.75, 3.05) is 18.4 Å². The van der Waals surface area contributed by atoms with E-state index >= 15 is 0 Å². The quantitative estimate of drug-likeness (QED) is 0.613. The lowest BCUT2D eigenvalue weighted by atomic mass is 9.97. The number of amides is 1. The lowest BCUT2D eigenvalue weighted by Crippen LogP contribution is -2.42. The van der Waals surface area contributed by atoms with Crippen molar-refractivity contribution in [2.24, 2.45) is 5.92 Å².